The molecule has 2 heterocycles. The predicted octanol–water partition coefficient (Wildman–Crippen LogP) is 2.72. The van der Waals surface area contributed by atoms with Gasteiger partial charge < -0.3 is 5.32 Å². The van der Waals surface area contributed by atoms with Crippen LogP contribution in [0.25, 0.3) is 0 Å². The van der Waals surface area contributed by atoms with Crippen LogP contribution in [0.2, 0.25) is 0 Å². The Bertz CT molecular complexity index is 356. The Balaban J connectivity index is 1.87. The molecule has 1 unspecified atom stereocenters. The molecule has 4 heteroatoms. The highest BCUT2D eigenvalue weighted by atomic mass is 32.1. The minimum Gasteiger partial charge on any atom is -0.315 e. The molecule has 3 nitrogen and oxygen atoms in total. The van der Waals surface area contributed by atoms with Crippen LogP contribution in [0.15, 0.2) is 0 Å². The molecule has 1 atom stereocenters. The molecule has 2 rings (SSSR count). The first-order valence-corrected chi connectivity index (χ1v) is 7.90. The Morgan fingerprint density at radius 1 is 1.44 bits per heavy atom. The molecule has 0 aromatic carbocycles. The van der Waals surface area contributed by atoms with Crippen molar-refractivity contribution in [2.45, 2.75) is 52.6 Å². The number of hydrogen-bond donors (Lipinski definition) is 1. The van der Waals surface area contributed by atoms with Gasteiger partial charge in [0.05, 0.1) is 12.2 Å². The number of likely N-dealkylation sites (tertiary alicyclic amines) is 1. The summed E-state index contributed by atoms with van der Waals surface area (Å²) < 4.78 is 0. The van der Waals surface area contributed by atoms with E-state index in [4.69, 9.17) is 0 Å². The fourth-order valence-electron chi connectivity index (χ4n) is 2.56. The van der Waals surface area contributed by atoms with Crippen LogP contribution in [0, 0.1) is 13.8 Å². The van der Waals surface area contributed by atoms with E-state index in [2.05, 4.69) is 36.0 Å². The predicted molar refractivity (Wildman–Crippen MR) is 78.2 cm³/mol. The van der Waals surface area contributed by atoms with Crippen molar-refractivity contribution in [2.75, 3.05) is 19.6 Å². The number of nitrogens with one attached hydrogen (secondary N) is 1. The monoisotopic (exact) mass is 267 g/mol. The fraction of sp³-hybridized carbons (Fsp3) is 0.786. The lowest BCUT2D eigenvalue weighted by atomic mass is 10.2. The molecule has 1 aromatic rings. The summed E-state index contributed by atoms with van der Waals surface area (Å²) in [6.07, 6.45) is 3.89. The van der Waals surface area contributed by atoms with Gasteiger partial charge in [-0.1, -0.05) is 6.92 Å². The number of nitrogens with zero attached hydrogens (tertiary/aromatic N) is 2. The van der Waals surface area contributed by atoms with Crippen molar-refractivity contribution in [1.29, 1.82) is 0 Å². The van der Waals surface area contributed by atoms with E-state index in [1.807, 2.05) is 11.3 Å². The van der Waals surface area contributed by atoms with Crippen molar-refractivity contribution in [3.05, 3.63) is 15.6 Å². The summed E-state index contributed by atoms with van der Waals surface area (Å²) in [6.45, 7) is 11.0. The molecule has 1 aliphatic heterocycles. The zero-order chi connectivity index (χ0) is 13.0. The van der Waals surface area contributed by atoms with E-state index in [1.54, 1.807) is 0 Å². The third kappa shape index (κ3) is 3.53. The number of aromatic nitrogens is 1. The molecule has 1 N–H and O–H groups in total. The number of thiazole rings is 1. The van der Waals surface area contributed by atoms with E-state index in [9.17, 15) is 0 Å². The summed E-state index contributed by atoms with van der Waals surface area (Å²) in [4.78, 5) is 8.62. The zero-order valence-corrected chi connectivity index (χ0v) is 12.6. The molecule has 0 amide bonds. The first-order valence-electron chi connectivity index (χ1n) is 7.08. The number of hydrogen-bond acceptors (Lipinski definition) is 4. The van der Waals surface area contributed by atoms with E-state index in [1.165, 1.54) is 41.4 Å². The highest BCUT2D eigenvalue weighted by molar-refractivity contribution is 7.11. The minimum absolute atomic E-state index is 0.709. The highest BCUT2D eigenvalue weighted by Crippen LogP contribution is 2.23. The van der Waals surface area contributed by atoms with Gasteiger partial charge in [-0.2, -0.15) is 0 Å². The summed E-state index contributed by atoms with van der Waals surface area (Å²) >= 11 is 1.86. The van der Waals surface area contributed by atoms with Gasteiger partial charge in [0.1, 0.15) is 5.01 Å². The molecule has 1 aliphatic rings. The molecule has 1 aromatic heterocycles. The van der Waals surface area contributed by atoms with E-state index in [0.717, 1.165) is 19.6 Å². The standard InChI is InChI=1S/C14H25N3S/c1-4-7-15-9-13-6-5-8-17(13)10-14-16-11(2)12(3)18-14/h13,15H,4-10H2,1-3H3. The Labute approximate surface area is 115 Å². The molecule has 0 spiro atoms. The van der Waals surface area contributed by atoms with Gasteiger partial charge in [0.25, 0.3) is 0 Å². The van der Waals surface area contributed by atoms with Crippen molar-refractivity contribution in [2.24, 2.45) is 0 Å². The van der Waals surface area contributed by atoms with Crippen molar-refractivity contribution < 1.29 is 0 Å². The molecule has 18 heavy (non-hydrogen) atoms. The summed E-state index contributed by atoms with van der Waals surface area (Å²) in [6, 6.07) is 0.709. The lowest BCUT2D eigenvalue weighted by molar-refractivity contribution is 0.239. The lowest BCUT2D eigenvalue weighted by Crippen LogP contribution is -2.37. The first kappa shape index (κ1) is 14.0. The first-order chi connectivity index (χ1) is 8.70. The molecular formula is C14H25N3S. The SMILES string of the molecule is CCCNCC1CCCN1Cc1nc(C)c(C)s1. The van der Waals surface area contributed by atoms with Gasteiger partial charge >= 0.3 is 0 Å². The Morgan fingerprint density at radius 3 is 2.94 bits per heavy atom. The maximum absolute atomic E-state index is 4.66. The molecule has 0 aliphatic carbocycles. The van der Waals surface area contributed by atoms with E-state index < -0.39 is 0 Å². The van der Waals surface area contributed by atoms with Crippen LogP contribution in [0.4, 0.5) is 0 Å². The van der Waals surface area contributed by atoms with Gasteiger partial charge in [-0.25, -0.2) is 4.98 Å². The summed E-state index contributed by atoms with van der Waals surface area (Å²) in [7, 11) is 0. The van der Waals surface area contributed by atoms with E-state index in [0.29, 0.717) is 6.04 Å². The van der Waals surface area contributed by atoms with Gasteiger partial charge in [0, 0.05) is 17.5 Å². The molecule has 0 saturated carbocycles. The zero-order valence-electron chi connectivity index (χ0n) is 11.8. The average Bonchev–Trinajstić information content (AvgIpc) is 2.88. The van der Waals surface area contributed by atoms with Crippen LogP contribution >= 0.6 is 11.3 Å². The largest absolute Gasteiger partial charge is 0.315 e. The second kappa shape index (κ2) is 6.64. The quantitative estimate of drug-likeness (QED) is 0.803. The molecule has 1 saturated heterocycles. The van der Waals surface area contributed by atoms with Crippen LogP contribution < -0.4 is 5.32 Å². The van der Waals surface area contributed by atoms with Crippen LogP contribution in [-0.4, -0.2) is 35.6 Å². The number of rotatable bonds is 6. The van der Waals surface area contributed by atoms with Gasteiger partial charge in [-0.15, -0.1) is 11.3 Å². The highest BCUT2D eigenvalue weighted by Gasteiger charge is 2.24. The smallest absolute Gasteiger partial charge is 0.107 e. The minimum atomic E-state index is 0.709. The maximum Gasteiger partial charge on any atom is 0.107 e. The van der Waals surface area contributed by atoms with Crippen molar-refractivity contribution in [3.8, 4) is 0 Å². The van der Waals surface area contributed by atoms with Crippen molar-refractivity contribution in [3.63, 3.8) is 0 Å². The number of aryl methyl sites for hydroxylation is 2. The Kier molecular flexibility index (Phi) is 5.15. The summed E-state index contributed by atoms with van der Waals surface area (Å²) in [5.41, 5.74) is 1.20. The second-order valence-electron chi connectivity index (χ2n) is 5.22. The third-order valence-corrected chi connectivity index (χ3v) is 4.77. The normalized spacial score (nSPS) is 20.7. The Hall–Kier alpha value is -0.450. The van der Waals surface area contributed by atoms with Crippen molar-refractivity contribution in [1.82, 2.24) is 15.2 Å². The molecule has 1 fully saturated rings. The molecule has 102 valence electrons. The van der Waals surface area contributed by atoms with Crippen molar-refractivity contribution >= 4 is 11.3 Å². The molecular weight excluding hydrogens is 242 g/mol. The Morgan fingerprint density at radius 2 is 2.28 bits per heavy atom. The van der Waals surface area contributed by atoms with Crippen LogP contribution in [0.1, 0.15) is 41.8 Å². The molecule has 0 bridgehead atoms. The van der Waals surface area contributed by atoms with Crippen LogP contribution in [-0.2, 0) is 6.54 Å². The van der Waals surface area contributed by atoms with Crippen LogP contribution in [0.3, 0.4) is 0 Å². The average molecular weight is 267 g/mol. The topological polar surface area (TPSA) is 28.2 Å². The summed E-state index contributed by atoms with van der Waals surface area (Å²) in [5, 5.41) is 4.84. The van der Waals surface area contributed by atoms with Gasteiger partial charge in [-0.3, -0.25) is 4.90 Å². The molecule has 0 radical (unpaired) electrons. The maximum atomic E-state index is 4.66. The fourth-order valence-corrected chi connectivity index (χ4v) is 3.52. The van der Waals surface area contributed by atoms with Crippen LogP contribution in [0.5, 0.6) is 0 Å². The van der Waals surface area contributed by atoms with Gasteiger partial charge in [0.2, 0.25) is 0 Å². The van der Waals surface area contributed by atoms with E-state index >= 15 is 0 Å². The summed E-state index contributed by atoms with van der Waals surface area (Å²) in [5.74, 6) is 0. The second-order valence-corrected chi connectivity index (χ2v) is 6.51. The van der Waals surface area contributed by atoms with E-state index in [-0.39, 0.29) is 0 Å². The van der Waals surface area contributed by atoms with Gasteiger partial charge in [-0.05, 0) is 46.2 Å². The third-order valence-electron chi connectivity index (χ3n) is 3.72. The van der Waals surface area contributed by atoms with Gasteiger partial charge in [0.15, 0.2) is 0 Å². The lowest BCUT2D eigenvalue weighted by Gasteiger charge is -2.23.